The molecule has 1 aliphatic heterocycles. The minimum absolute atomic E-state index is 0.0962. The Labute approximate surface area is 128 Å². The van der Waals surface area contributed by atoms with Crippen LogP contribution in [0.5, 0.6) is 0 Å². The first-order valence-corrected chi connectivity index (χ1v) is 7.39. The number of carboxylic acid groups (broad SMARTS) is 1. The van der Waals surface area contributed by atoms with Crippen molar-refractivity contribution in [2.24, 2.45) is 0 Å². The minimum Gasteiger partial charge on any atom is -0.481 e. The molecular formula is C16H20FNO4. The van der Waals surface area contributed by atoms with Crippen LogP contribution in [-0.2, 0) is 20.7 Å². The zero-order valence-corrected chi connectivity index (χ0v) is 12.5. The van der Waals surface area contributed by atoms with Crippen molar-refractivity contribution in [3.05, 3.63) is 29.6 Å². The Balaban J connectivity index is 1.83. The normalized spacial score (nSPS) is 20.8. The highest BCUT2D eigenvalue weighted by Crippen LogP contribution is 2.23. The number of rotatable bonds is 6. The minimum atomic E-state index is -1.10. The molecule has 0 aromatic heterocycles. The van der Waals surface area contributed by atoms with Gasteiger partial charge in [-0.25, -0.2) is 4.39 Å². The summed E-state index contributed by atoms with van der Waals surface area (Å²) in [5.74, 6) is -1.93. The number of carbonyl (C=O) groups is 2. The van der Waals surface area contributed by atoms with E-state index in [2.05, 4.69) is 5.32 Å². The molecule has 0 aliphatic carbocycles. The average Bonchev–Trinajstić information content (AvgIpc) is 2.85. The molecule has 1 amide bonds. The molecule has 1 aliphatic rings. The molecule has 0 saturated carbocycles. The van der Waals surface area contributed by atoms with Crippen molar-refractivity contribution >= 4 is 17.6 Å². The third-order valence-corrected chi connectivity index (χ3v) is 3.69. The average molecular weight is 309 g/mol. The Hall–Kier alpha value is -1.95. The van der Waals surface area contributed by atoms with Crippen molar-refractivity contribution in [2.75, 3.05) is 5.32 Å². The molecule has 1 heterocycles. The van der Waals surface area contributed by atoms with Crippen LogP contribution < -0.4 is 5.32 Å². The smallest absolute Gasteiger partial charge is 0.307 e. The van der Waals surface area contributed by atoms with Crippen LogP contribution in [0.2, 0.25) is 0 Å². The molecule has 1 aromatic carbocycles. The third-order valence-electron chi connectivity index (χ3n) is 3.69. The van der Waals surface area contributed by atoms with Gasteiger partial charge in [-0.15, -0.1) is 0 Å². The van der Waals surface area contributed by atoms with E-state index in [4.69, 9.17) is 9.84 Å². The highest BCUT2D eigenvalue weighted by atomic mass is 19.1. The van der Waals surface area contributed by atoms with Gasteiger partial charge in [-0.05, 0) is 43.9 Å². The number of nitrogens with one attached hydrogen (secondary N) is 1. The molecule has 6 heteroatoms. The van der Waals surface area contributed by atoms with Crippen LogP contribution in [0.3, 0.4) is 0 Å². The van der Waals surface area contributed by atoms with Crippen molar-refractivity contribution in [1.82, 2.24) is 0 Å². The Morgan fingerprint density at radius 1 is 1.41 bits per heavy atom. The van der Waals surface area contributed by atoms with Crippen molar-refractivity contribution < 1.29 is 23.8 Å². The molecule has 1 saturated heterocycles. The van der Waals surface area contributed by atoms with Gasteiger partial charge in [0.1, 0.15) is 5.82 Å². The van der Waals surface area contributed by atoms with Crippen molar-refractivity contribution in [2.45, 2.75) is 51.2 Å². The van der Waals surface area contributed by atoms with E-state index < -0.39 is 11.8 Å². The first kappa shape index (κ1) is 16.4. The van der Waals surface area contributed by atoms with Gasteiger partial charge >= 0.3 is 5.97 Å². The molecule has 22 heavy (non-hydrogen) atoms. The molecule has 2 rings (SSSR count). The van der Waals surface area contributed by atoms with Gasteiger partial charge in [-0.2, -0.15) is 0 Å². The molecule has 0 radical (unpaired) electrons. The van der Waals surface area contributed by atoms with E-state index >= 15 is 0 Å². The number of anilines is 1. The van der Waals surface area contributed by atoms with Crippen molar-refractivity contribution in [1.29, 1.82) is 0 Å². The molecule has 1 aromatic rings. The summed E-state index contributed by atoms with van der Waals surface area (Å²) in [7, 11) is 0. The van der Waals surface area contributed by atoms with E-state index in [1.165, 1.54) is 12.1 Å². The lowest BCUT2D eigenvalue weighted by Crippen LogP contribution is -2.16. The van der Waals surface area contributed by atoms with Gasteiger partial charge in [-0.1, -0.05) is 6.07 Å². The summed E-state index contributed by atoms with van der Waals surface area (Å²) in [4.78, 5) is 22.4. The molecule has 0 bridgehead atoms. The fourth-order valence-electron chi connectivity index (χ4n) is 2.54. The predicted octanol–water partition coefficient (Wildman–Crippen LogP) is 2.74. The number of carboxylic acids is 1. The molecule has 1 fully saturated rings. The molecule has 2 unspecified atom stereocenters. The predicted molar refractivity (Wildman–Crippen MR) is 79.2 cm³/mol. The SMILES string of the molecule is CC1CCC(CCC(=O)Nc2ccc(CC(=O)O)c(F)c2)O1. The van der Waals surface area contributed by atoms with Gasteiger partial charge in [0.2, 0.25) is 5.91 Å². The number of hydrogen-bond donors (Lipinski definition) is 2. The number of amides is 1. The number of hydrogen-bond acceptors (Lipinski definition) is 3. The summed E-state index contributed by atoms with van der Waals surface area (Å²) in [6.45, 7) is 2.02. The number of benzene rings is 1. The van der Waals surface area contributed by atoms with E-state index in [0.717, 1.165) is 18.9 Å². The van der Waals surface area contributed by atoms with Gasteiger partial charge in [0.25, 0.3) is 0 Å². The summed E-state index contributed by atoms with van der Waals surface area (Å²) < 4.78 is 19.3. The highest BCUT2D eigenvalue weighted by molar-refractivity contribution is 5.90. The van der Waals surface area contributed by atoms with E-state index in [-0.39, 0.29) is 30.1 Å². The first-order chi connectivity index (χ1) is 10.4. The topological polar surface area (TPSA) is 75.6 Å². The Bertz CT molecular complexity index is 561. The lowest BCUT2D eigenvalue weighted by molar-refractivity contribution is -0.136. The van der Waals surface area contributed by atoms with Crippen LogP contribution in [0.1, 0.15) is 38.2 Å². The molecule has 2 N–H and O–H groups in total. The number of halogens is 1. The number of aliphatic carboxylic acids is 1. The van der Waals surface area contributed by atoms with Gasteiger partial charge in [0.15, 0.2) is 0 Å². The summed E-state index contributed by atoms with van der Waals surface area (Å²) in [5, 5.41) is 11.3. The Morgan fingerprint density at radius 2 is 2.18 bits per heavy atom. The van der Waals surface area contributed by atoms with E-state index in [1.807, 2.05) is 6.92 Å². The maximum absolute atomic E-state index is 13.7. The summed E-state index contributed by atoms with van der Waals surface area (Å²) >= 11 is 0. The summed E-state index contributed by atoms with van der Waals surface area (Å²) in [6.07, 6.45) is 2.94. The molecule has 2 atom stereocenters. The Morgan fingerprint density at radius 3 is 2.77 bits per heavy atom. The maximum Gasteiger partial charge on any atom is 0.307 e. The van der Waals surface area contributed by atoms with Gasteiger partial charge in [-0.3, -0.25) is 9.59 Å². The second-order valence-corrected chi connectivity index (χ2v) is 5.61. The van der Waals surface area contributed by atoms with Gasteiger partial charge < -0.3 is 15.2 Å². The van der Waals surface area contributed by atoms with Gasteiger partial charge in [0, 0.05) is 12.1 Å². The highest BCUT2D eigenvalue weighted by Gasteiger charge is 2.22. The van der Waals surface area contributed by atoms with Crippen molar-refractivity contribution in [3.8, 4) is 0 Å². The maximum atomic E-state index is 13.7. The van der Waals surface area contributed by atoms with E-state index in [1.54, 1.807) is 0 Å². The third kappa shape index (κ3) is 4.80. The van der Waals surface area contributed by atoms with Crippen LogP contribution >= 0.6 is 0 Å². The van der Waals surface area contributed by atoms with Crippen LogP contribution in [0.25, 0.3) is 0 Å². The fourth-order valence-corrected chi connectivity index (χ4v) is 2.54. The van der Waals surface area contributed by atoms with Crippen LogP contribution in [0, 0.1) is 5.82 Å². The first-order valence-electron chi connectivity index (χ1n) is 7.39. The standard InChI is InChI=1S/C16H20FNO4/c1-10-2-5-13(22-10)6-7-15(19)18-12-4-3-11(8-16(20)21)14(17)9-12/h3-4,9-10,13H,2,5-8H2,1H3,(H,18,19)(H,20,21). The van der Waals surface area contributed by atoms with Crippen LogP contribution in [-0.4, -0.2) is 29.2 Å². The summed E-state index contributed by atoms with van der Waals surface area (Å²) in [6, 6.07) is 4.03. The van der Waals surface area contributed by atoms with E-state index in [0.29, 0.717) is 18.5 Å². The second kappa shape index (κ2) is 7.35. The molecule has 5 nitrogen and oxygen atoms in total. The largest absolute Gasteiger partial charge is 0.481 e. The molecule has 0 spiro atoms. The molecular weight excluding hydrogens is 289 g/mol. The van der Waals surface area contributed by atoms with Crippen LogP contribution in [0.4, 0.5) is 10.1 Å². The van der Waals surface area contributed by atoms with Crippen molar-refractivity contribution in [3.63, 3.8) is 0 Å². The lowest BCUT2D eigenvalue weighted by atomic mass is 10.1. The molecule has 120 valence electrons. The second-order valence-electron chi connectivity index (χ2n) is 5.61. The Kier molecular flexibility index (Phi) is 5.49. The zero-order valence-electron chi connectivity index (χ0n) is 12.5. The lowest BCUT2D eigenvalue weighted by Gasteiger charge is -2.11. The quantitative estimate of drug-likeness (QED) is 0.847. The van der Waals surface area contributed by atoms with Gasteiger partial charge in [0.05, 0.1) is 18.6 Å². The monoisotopic (exact) mass is 309 g/mol. The number of ether oxygens (including phenoxy) is 1. The van der Waals surface area contributed by atoms with Crippen LogP contribution in [0.15, 0.2) is 18.2 Å². The fraction of sp³-hybridized carbons (Fsp3) is 0.500. The number of carbonyl (C=O) groups excluding carboxylic acids is 1. The van der Waals surface area contributed by atoms with E-state index in [9.17, 15) is 14.0 Å². The zero-order chi connectivity index (χ0) is 16.1. The summed E-state index contributed by atoms with van der Waals surface area (Å²) in [5.41, 5.74) is 0.427.